The maximum atomic E-state index is 12.7. The summed E-state index contributed by atoms with van der Waals surface area (Å²) in [5.41, 5.74) is 3.13. The fraction of sp³-hybridized carbons (Fsp3) is 0.217. The number of hydrogen-bond donors (Lipinski definition) is 1. The lowest BCUT2D eigenvalue weighted by atomic mass is 10.0. The third-order valence-electron chi connectivity index (χ3n) is 5.27. The number of benzene rings is 2. The first kappa shape index (κ1) is 21.2. The molecule has 0 unspecified atom stereocenters. The molecule has 6 nitrogen and oxygen atoms in total. The number of carbonyl (C=O) groups excluding carboxylic acids is 1. The summed E-state index contributed by atoms with van der Waals surface area (Å²) in [6.07, 6.45) is 1.89. The van der Waals surface area contributed by atoms with Crippen molar-refractivity contribution in [3.05, 3.63) is 81.7 Å². The second-order valence-electron chi connectivity index (χ2n) is 7.52. The van der Waals surface area contributed by atoms with Gasteiger partial charge in [-0.25, -0.2) is 8.42 Å². The Morgan fingerprint density at radius 1 is 1.16 bits per heavy atom. The molecule has 0 bridgehead atoms. The second-order valence-corrected chi connectivity index (χ2v) is 10.6. The van der Waals surface area contributed by atoms with Gasteiger partial charge < -0.3 is 5.32 Å². The van der Waals surface area contributed by atoms with E-state index in [4.69, 9.17) is 0 Å². The second kappa shape index (κ2) is 8.63. The lowest BCUT2D eigenvalue weighted by Gasteiger charge is -2.26. The Hall–Kier alpha value is -2.99. The molecule has 1 amide bonds. The number of nitriles is 1. The number of anilines is 1. The molecule has 0 aliphatic carbocycles. The molecule has 0 atom stereocenters. The minimum Gasteiger partial charge on any atom is -0.312 e. The van der Waals surface area contributed by atoms with E-state index in [1.807, 2.05) is 18.2 Å². The number of nitrogens with one attached hydrogen (secondary N) is 1. The largest absolute Gasteiger partial charge is 0.312 e. The van der Waals surface area contributed by atoms with E-state index in [1.54, 1.807) is 0 Å². The van der Waals surface area contributed by atoms with Crippen LogP contribution in [-0.2, 0) is 29.3 Å². The Labute approximate surface area is 185 Å². The Kier molecular flexibility index (Phi) is 5.92. The van der Waals surface area contributed by atoms with Crippen molar-refractivity contribution < 1.29 is 13.2 Å². The zero-order chi connectivity index (χ0) is 22.0. The molecule has 0 saturated carbocycles. The minimum absolute atomic E-state index is 0.159. The summed E-state index contributed by atoms with van der Waals surface area (Å²) < 4.78 is 23.2. The van der Waals surface area contributed by atoms with Crippen molar-refractivity contribution in [1.29, 1.82) is 5.26 Å². The number of hydrogen-bond acceptors (Lipinski definition) is 6. The molecule has 8 heteroatoms. The van der Waals surface area contributed by atoms with Crippen LogP contribution in [0.2, 0.25) is 0 Å². The first-order valence-corrected chi connectivity index (χ1v) is 12.5. The van der Waals surface area contributed by atoms with Crippen molar-refractivity contribution in [2.45, 2.75) is 24.4 Å². The average molecular weight is 452 g/mol. The van der Waals surface area contributed by atoms with Crippen LogP contribution in [0.5, 0.6) is 0 Å². The van der Waals surface area contributed by atoms with Gasteiger partial charge >= 0.3 is 0 Å². The molecule has 1 N–H and O–H groups in total. The van der Waals surface area contributed by atoms with Gasteiger partial charge in [0.05, 0.1) is 10.5 Å². The molecule has 2 aromatic carbocycles. The van der Waals surface area contributed by atoms with E-state index >= 15 is 0 Å². The van der Waals surface area contributed by atoms with Crippen LogP contribution in [0.1, 0.15) is 31.9 Å². The van der Waals surface area contributed by atoms with Crippen LogP contribution in [0.3, 0.4) is 0 Å². The Morgan fingerprint density at radius 3 is 2.52 bits per heavy atom. The minimum atomic E-state index is -3.32. The summed E-state index contributed by atoms with van der Waals surface area (Å²) in [6, 6.07) is 18.3. The summed E-state index contributed by atoms with van der Waals surface area (Å²) in [5.74, 6) is -0.365. The van der Waals surface area contributed by atoms with Crippen LogP contribution in [0.25, 0.3) is 0 Å². The van der Waals surface area contributed by atoms with Gasteiger partial charge in [0, 0.05) is 36.3 Å². The van der Waals surface area contributed by atoms with Gasteiger partial charge in [-0.05, 0) is 41.8 Å². The van der Waals surface area contributed by atoms with Gasteiger partial charge in [-0.3, -0.25) is 9.69 Å². The first-order chi connectivity index (χ1) is 14.8. The van der Waals surface area contributed by atoms with E-state index in [9.17, 15) is 18.5 Å². The first-order valence-electron chi connectivity index (χ1n) is 9.77. The highest BCUT2D eigenvalue weighted by molar-refractivity contribution is 7.90. The number of fused-ring (bicyclic) bond motifs is 1. The molecular weight excluding hydrogens is 430 g/mol. The maximum Gasteiger partial charge on any atom is 0.256 e. The van der Waals surface area contributed by atoms with Gasteiger partial charge in [-0.1, -0.05) is 30.3 Å². The molecule has 3 aromatic rings. The molecule has 158 valence electrons. The summed E-state index contributed by atoms with van der Waals surface area (Å²) in [5, 5.41) is 13.1. The molecule has 1 aromatic heterocycles. The predicted octanol–water partition coefficient (Wildman–Crippen LogP) is 3.83. The maximum absolute atomic E-state index is 12.7. The van der Waals surface area contributed by atoms with Crippen molar-refractivity contribution >= 4 is 32.1 Å². The van der Waals surface area contributed by atoms with Gasteiger partial charge in [0.2, 0.25) is 0 Å². The van der Waals surface area contributed by atoms with Crippen molar-refractivity contribution in [2.75, 3.05) is 18.1 Å². The van der Waals surface area contributed by atoms with Crippen LogP contribution in [0, 0.1) is 11.3 Å². The van der Waals surface area contributed by atoms with Gasteiger partial charge in [-0.2, -0.15) is 5.26 Å². The van der Waals surface area contributed by atoms with Gasteiger partial charge in [0.25, 0.3) is 5.91 Å². The summed E-state index contributed by atoms with van der Waals surface area (Å²) in [6.45, 7) is 2.44. The summed E-state index contributed by atoms with van der Waals surface area (Å²) in [7, 11) is -3.32. The molecule has 31 heavy (non-hydrogen) atoms. The number of nitrogens with zero attached hydrogens (tertiary/aromatic N) is 2. The molecule has 0 saturated heterocycles. The molecule has 0 radical (unpaired) electrons. The molecule has 0 spiro atoms. The van der Waals surface area contributed by atoms with E-state index in [1.165, 1.54) is 41.2 Å². The van der Waals surface area contributed by atoms with Crippen LogP contribution >= 0.6 is 11.3 Å². The van der Waals surface area contributed by atoms with Crippen LogP contribution in [-0.4, -0.2) is 32.0 Å². The molecular formula is C23H21N3O3S2. The summed E-state index contributed by atoms with van der Waals surface area (Å²) in [4.78, 5) is 16.3. The third kappa shape index (κ3) is 4.69. The van der Waals surface area contributed by atoms with E-state index in [0.717, 1.165) is 42.8 Å². The molecule has 0 fully saturated rings. The Balaban J connectivity index is 1.51. The van der Waals surface area contributed by atoms with E-state index in [2.05, 4.69) is 28.4 Å². The average Bonchev–Trinajstić information content (AvgIpc) is 3.10. The Bertz CT molecular complexity index is 1260. The van der Waals surface area contributed by atoms with Crippen molar-refractivity contribution in [3.63, 3.8) is 0 Å². The fourth-order valence-corrected chi connectivity index (χ4v) is 5.53. The fourth-order valence-electron chi connectivity index (χ4n) is 3.67. The molecule has 2 heterocycles. The van der Waals surface area contributed by atoms with Crippen LogP contribution in [0.15, 0.2) is 59.5 Å². The zero-order valence-corrected chi connectivity index (χ0v) is 18.6. The molecule has 1 aliphatic heterocycles. The standard InChI is InChI=1S/C23H21N3O3S2/c1-31(28,29)18-9-7-17(8-10-18)22(27)25-23-20(13-24)19-11-12-26(15-21(19)30-23)14-16-5-3-2-4-6-16/h2-10H,11-12,14-15H2,1H3,(H,25,27). The van der Waals surface area contributed by atoms with Crippen LogP contribution < -0.4 is 5.32 Å². The quantitative estimate of drug-likeness (QED) is 0.637. The van der Waals surface area contributed by atoms with Crippen molar-refractivity contribution in [2.24, 2.45) is 0 Å². The lowest BCUT2D eigenvalue weighted by Crippen LogP contribution is -2.29. The van der Waals surface area contributed by atoms with Crippen molar-refractivity contribution in [1.82, 2.24) is 4.90 Å². The highest BCUT2D eigenvalue weighted by Crippen LogP contribution is 2.37. The lowest BCUT2D eigenvalue weighted by molar-refractivity contribution is 0.102. The topological polar surface area (TPSA) is 90.3 Å². The number of rotatable bonds is 5. The number of thiophene rings is 1. The number of amides is 1. The molecule has 4 rings (SSSR count). The van der Waals surface area contributed by atoms with E-state index in [0.29, 0.717) is 16.1 Å². The molecule has 1 aliphatic rings. The summed E-state index contributed by atoms with van der Waals surface area (Å²) >= 11 is 1.44. The monoisotopic (exact) mass is 451 g/mol. The normalized spacial score (nSPS) is 13.9. The smallest absolute Gasteiger partial charge is 0.256 e. The Morgan fingerprint density at radius 2 is 1.87 bits per heavy atom. The predicted molar refractivity (Wildman–Crippen MR) is 121 cm³/mol. The highest BCUT2D eigenvalue weighted by atomic mass is 32.2. The van der Waals surface area contributed by atoms with Crippen molar-refractivity contribution in [3.8, 4) is 6.07 Å². The zero-order valence-electron chi connectivity index (χ0n) is 17.0. The highest BCUT2D eigenvalue weighted by Gasteiger charge is 2.25. The van der Waals surface area contributed by atoms with Crippen LogP contribution in [0.4, 0.5) is 5.00 Å². The number of sulfone groups is 1. The number of carbonyl (C=O) groups is 1. The van der Waals surface area contributed by atoms with Gasteiger partial charge in [0.15, 0.2) is 9.84 Å². The van der Waals surface area contributed by atoms with Gasteiger partial charge in [-0.15, -0.1) is 11.3 Å². The van der Waals surface area contributed by atoms with E-state index in [-0.39, 0.29) is 10.8 Å². The SMILES string of the molecule is CS(=O)(=O)c1ccc(C(=O)Nc2sc3c(c2C#N)CCN(Cc2ccccc2)C3)cc1. The van der Waals surface area contributed by atoms with Gasteiger partial charge in [0.1, 0.15) is 11.1 Å². The van der Waals surface area contributed by atoms with E-state index < -0.39 is 9.84 Å². The third-order valence-corrected chi connectivity index (χ3v) is 7.53.